The van der Waals surface area contributed by atoms with Crippen LogP contribution in [0.2, 0.25) is 0 Å². The van der Waals surface area contributed by atoms with Gasteiger partial charge in [0.05, 0.1) is 6.42 Å². The van der Waals surface area contributed by atoms with E-state index in [1.54, 1.807) is 0 Å². The molecular formula is C30H27N5O. The molecule has 0 saturated heterocycles. The molecule has 1 aromatic heterocycles. The number of benzene rings is 4. The summed E-state index contributed by atoms with van der Waals surface area (Å²) < 4.78 is 0. The van der Waals surface area contributed by atoms with E-state index in [9.17, 15) is 4.79 Å². The first-order valence-electron chi connectivity index (χ1n) is 11.8. The molecule has 1 heterocycles. The first-order chi connectivity index (χ1) is 17.5. The van der Waals surface area contributed by atoms with Crippen molar-refractivity contribution in [2.45, 2.75) is 20.3 Å². The minimum Gasteiger partial charge on any atom is -0.340 e. The predicted octanol–water partition coefficient (Wildman–Crippen LogP) is 6.92. The molecule has 0 saturated carbocycles. The molecule has 0 bridgehead atoms. The van der Waals surface area contributed by atoms with Crippen molar-refractivity contribution >= 4 is 45.5 Å². The molecule has 0 aliphatic heterocycles. The van der Waals surface area contributed by atoms with Crippen molar-refractivity contribution < 1.29 is 4.79 Å². The SMILES string of the molecule is Cc1ccc(Nc2nc(C)cc(Nc3ccc(NC(=O)Cc4cccc5ccccc45)cc3)n2)cc1. The van der Waals surface area contributed by atoms with Gasteiger partial charge in [-0.05, 0) is 66.6 Å². The maximum absolute atomic E-state index is 12.7. The van der Waals surface area contributed by atoms with Crippen molar-refractivity contribution in [2.24, 2.45) is 0 Å². The second kappa shape index (κ2) is 10.3. The van der Waals surface area contributed by atoms with Crippen molar-refractivity contribution in [3.8, 4) is 0 Å². The van der Waals surface area contributed by atoms with E-state index >= 15 is 0 Å². The zero-order chi connectivity index (χ0) is 24.9. The third-order valence-corrected chi connectivity index (χ3v) is 5.83. The minimum absolute atomic E-state index is 0.0506. The molecule has 6 nitrogen and oxygen atoms in total. The predicted molar refractivity (Wildman–Crippen MR) is 147 cm³/mol. The smallest absolute Gasteiger partial charge is 0.229 e. The van der Waals surface area contributed by atoms with E-state index in [0.29, 0.717) is 18.2 Å². The maximum atomic E-state index is 12.7. The zero-order valence-electron chi connectivity index (χ0n) is 20.2. The molecule has 4 aromatic carbocycles. The summed E-state index contributed by atoms with van der Waals surface area (Å²) in [5.41, 5.74) is 5.59. The molecule has 36 heavy (non-hydrogen) atoms. The van der Waals surface area contributed by atoms with Gasteiger partial charge in [0.1, 0.15) is 5.82 Å². The molecule has 6 heteroatoms. The van der Waals surface area contributed by atoms with Gasteiger partial charge in [-0.3, -0.25) is 4.79 Å². The van der Waals surface area contributed by atoms with Crippen LogP contribution < -0.4 is 16.0 Å². The van der Waals surface area contributed by atoms with E-state index in [2.05, 4.69) is 51.0 Å². The number of hydrogen-bond donors (Lipinski definition) is 3. The highest BCUT2D eigenvalue weighted by Crippen LogP contribution is 2.22. The fourth-order valence-electron chi connectivity index (χ4n) is 4.06. The van der Waals surface area contributed by atoms with E-state index in [-0.39, 0.29) is 5.91 Å². The number of aromatic nitrogens is 2. The molecule has 178 valence electrons. The second-order valence-corrected chi connectivity index (χ2v) is 8.77. The Bertz CT molecular complexity index is 1510. The number of aryl methyl sites for hydroxylation is 2. The first-order valence-corrected chi connectivity index (χ1v) is 11.8. The summed E-state index contributed by atoms with van der Waals surface area (Å²) in [5, 5.41) is 11.8. The molecule has 5 aromatic rings. The fraction of sp³-hybridized carbons (Fsp3) is 0.100. The lowest BCUT2D eigenvalue weighted by molar-refractivity contribution is -0.115. The van der Waals surface area contributed by atoms with E-state index in [1.165, 1.54) is 5.56 Å². The second-order valence-electron chi connectivity index (χ2n) is 8.77. The number of nitrogens with zero attached hydrogens (tertiary/aromatic N) is 2. The Morgan fingerprint density at radius 2 is 1.39 bits per heavy atom. The van der Waals surface area contributed by atoms with Gasteiger partial charge < -0.3 is 16.0 Å². The number of carbonyl (C=O) groups excluding carboxylic acids is 1. The summed E-state index contributed by atoms with van der Waals surface area (Å²) in [6.45, 7) is 3.98. The highest BCUT2D eigenvalue weighted by Gasteiger charge is 2.08. The van der Waals surface area contributed by atoms with Gasteiger partial charge in [0, 0.05) is 28.8 Å². The zero-order valence-corrected chi connectivity index (χ0v) is 20.2. The Kier molecular flexibility index (Phi) is 6.58. The summed E-state index contributed by atoms with van der Waals surface area (Å²) in [6.07, 6.45) is 0.318. The monoisotopic (exact) mass is 473 g/mol. The van der Waals surface area contributed by atoms with Crippen LogP contribution in [-0.4, -0.2) is 15.9 Å². The number of carbonyl (C=O) groups is 1. The number of anilines is 5. The normalized spacial score (nSPS) is 10.7. The molecular weight excluding hydrogens is 446 g/mol. The van der Waals surface area contributed by atoms with Gasteiger partial charge in [0.25, 0.3) is 0 Å². The van der Waals surface area contributed by atoms with Crippen molar-refractivity contribution in [3.05, 3.63) is 114 Å². The van der Waals surface area contributed by atoms with Gasteiger partial charge in [0.15, 0.2) is 0 Å². The van der Waals surface area contributed by atoms with Crippen LogP contribution in [0.15, 0.2) is 97.1 Å². The lowest BCUT2D eigenvalue weighted by Crippen LogP contribution is -2.14. The molecule has 3 N–H and O–H groups in total. The summed E-state index contributed by atoms with van der Waals surface area (Å²) in [7, 11) is 0. The largest absolute Gasteiger partial charge is 0.340 e. The molecule has 0 aliphatic rings. The van der Waals surface area contributed by atoms with Gasteiger partial charge in [-0.2, -0.15) is 4.98 Å². The van der Waals surface area contributed by atoms with Crippen LogP contribution >= 0.6 is 0 Å². The summed E-state index contributed by atoms with van der Waals surface area (Å²) in [6, 6.07) is 31.7. The van der Waals surface area contributed by atoms with Crippen molar-refractivity contribution in [1.29, 1.82) is 0 Å². The van der Waals surface area contributed by atoms with E-state index in [1.807, 2.05) is 85.8 Å². The third-order valence-electron chi connectivity index (χ3n) is 5.83. The molecule has 5 rings (SSSR count). The average molecular weight is 474 g/mol. The Balaban J connectivity index is 1.23. The maximum Gasteiger partial charge on any atom is 0.229 e. The minimum atomic E-state index is -0.0506. The van der Waals surface area contributed by atoms with Crippen LogP contribution in [0.1, 0.15) is 16.8 Å². The summed E-state index contributed by atoms with van der Waals surface area (Å²) in [4.78, 5) is 21.8. The topological polar surface area (TPSA) is 78.9 Å². The van der Waals surface area contributed by atoms with E-state index in [4.69, 9.17) is 0 Å². The molecule has 0 unspecified atom stereocenters. The van der Waals surface area contributed by atoms with Crippen LogP contribution in [0.4, 0.5) is 28.8 Å². The summed E-state index contributed by atoms with van der Waals surface area (Å²) >= 11 is 0. The lowest BCUT2D eigenvalue weighted by Gasteiger charge is -2.11. The summed E-state index contributed by atoms with van der Waals surface area (Å²) in [5.74, 6) is 1.16. The van der Waals surface area contributed by atoms with Crippen LogP contribution in [-0.2, 0) is 11.2 Å². The van der Waals surface area contributed by atoms with Crippen LogP contribution in [0.3, 0.4) is 0 Å². The van der Waals surface area contributed by atoms with Crippen molar-refractivity contribution in [2.75, 3.05) is 16.0 Å². The van der Waals surface area contributed by atoms with Gasteiger partial charge in [0.2, 0.25) is 11.9 Å². The number of rotatable bonds is 7. The number of nitrogens with one attached hydrogen (secondary N) is 3. The Morgan fingerprint density at radius 3 is 2.19 bits per heavy atom. The molecule has 0 aliphatic carbocycles. The molecule has 0 radical (unpaired) electrons. The Hall–Kier alpha value is -4.71. The van der Waals surface area contributed by atoms with Gasteiger partial charge in [-0.25, -0.2) is 4.98 Å². The average Bonchev–Trinajstić information content (AvgIpc) is 2.86. The van der Waals surface area contributed by atoms with Crippen LogP contribution in [0.5, 0.6) is 0 Å². The van der Waals surface area contributed by atoms with E-state index < -0.39 is 0 Å². The van der Waals surface area contributed by atoms with E-state index in [0.717, 1.165) is 39.1 Å². The highest BCUT2D eigenvalue weighted by atomic mass is 16.1. The molecule has 0 fully saturated rings. The standard InChI is InChI=1S/C30H27N5O/c1-20-10-12-26(13-11-20)34-30-31-21(2)18-28(35-30)32-24-14-16-25(17-15-24)33-29(36)19-23-8-5-7-22-6-3-4-9-27(22)23/h3-18H,19H2,1-2H3,(H,33,36)(H2,31,32,34,35). The highest BCUT2D eigenvalue weighted by molar-refractivity contribution is 5.96. The van der Waals surface area contributed by atoms with Crippen LogP contribution in [0, 0.1) is 13.8 Å². The van der Waals surface area contributed by atoms with Gasteiger partial charge in [-0.15, -0.1) is 0 Å². The number of hydrogen-bond acceptors (Lipinski definition) is 5. The lowest BCUT2D eigenvalue weighted by atomic mass is 10.0. The molecule has 1 amide bonds. The van der Waals surface area contributed by atoms with Gasteiger partial charge in [-0.1, -0.05) is 60.2 Å². The number of fused-ring (bicyclic) bond motifs is 1. The first kappa shape index (κ1) is 23.1. The van der Waals surface area contributed by atoms with Crippen LogP contribution in [0.25, 0.3) is 10.8 Å². The number of amides is 1. The Labute approximate surface area is 210 Å². The van der Waals surface area contributed by atoms with Gasteiger partial charge >= 0.3 is 0 Å². The fourth-order valence-corrected chi connectivity index (χ4v) is 4.06. The van der Waals surface area contributed by atoms with Crippen molar-refractivity contribution in [1.82, 2.24) is 9.97 Å². The van der Waals surface area contributed by atoms with Crippen molar-refractivity contribution in [3.63, 3.8) is 0 Å². The Morgan fingerprint density at radius 1 is 0.722 bits per heavy atom. The quantitative estimate of drug-likeness (QED) is 0.239. The molecule has 0 spiro atoms. The molecule has 0 atom stereocenters. The third kappa shape index (κ3) is 5.67.